The first-order valence-corrected chi connectivity index (χ1v) is 19.7. The Kier molecular flexibility index (Phi) is 12.3. The summed E-state index contributed by atoms with van der Waals surface area (Å²) in [5.41, 5.74) is 4.61. The van der Waals surface area contributed by atoms with Crippen molar-refractivity contribution in [1.82, 2.24) is 4.98 Å². The number of aryl methyl sites for hydroxylation is 1. The molecule has 0 aliphatic rings. The maximum atomic E-state index is 13.8. The number of rotatable bonds is 9. The zero-order chi connectivity index (χ0) is 33.1. The monoisotopic (exact) mass is 817 g/mol. The number of para-hydroxylation sites is 1. The van der Waals surface area contributed by atoms with Gasteiger partial charge in [-0.1, -0.05) is 102 Å². The number of hydrogen-bond donors (Lipinski definition) is 1. The van der Waals surface area contributed by atoms with Gasteiger partial charge in [-0.2, -0.15) is 0 Å². The number of allylic oxidation sites excluding steroid dienone is 2. The molecule has 0 bridgehead atoms. The quantitative estimate of drug-likeness (QED) is 0.0697. The number of aliphatic hydroxyl groups is 1. The third-order valence-electron chi connectivity index (χ3n) is 9.22. The predicted molar refractivity (Wildman–Crippen MR) is 189 cm³/mol. The van der Waals surface area contributed by atoms with Gasteiger partial charge in [0.2, 0.25) is 0 Å². The molecular weight excluding hydrogens is 770 g/mol. The number of hydrogen-bond acceptors (Lipinski definition) is 4. The minimum absolute atomic E-state index is 0. The van der Waals surface area contributed by atoms with Crippen molar-refractivity contribution in [2.24, 2.45) is 11.3 Å². The van der Waals surface area contributed by atoms with Gasteiger partial charge in [0.15, 0.2) is 5.78 Å². The van der Waals surface area contributed by atoms with E-state index in [1.165, 1.54) is 28.8 Å². The molecule has 0 saturated carbocycles. The van der Waals surface area contributed by atoms with E-state index >= 15 is 0 Å². The van der Waals surface area contributed by atoms with Gasteiger partial charge in [-0.3, -0.25) is 9.78 Å². The molecule has 0 aliphatic carbocycles. The average Bonchev–Trinajstić information content (AvgIpc) is 3.37. The van der Waals surface area contributed by atoms with Crippen LogP contribution in [0.15, 0.2) is 70.8 Å². The Bertz CT molecular complexity index is 1860. The molecule has 2 heterocycles. The van der Waals surface area contributed by atoms with Crippen LogP contribution in [0.3, 0.4) is 0 Å². The summed E-state index contributed by atoms with van der Waals surface area (Å²) in [4.78, 5) is 17.0. The smallest absolute Gasteiger partial charge is 0.164 e. The van der Waals surface area contributed by atoms with Crippen LogP contribution in [0, 0.1) is 30.1 Å². The van der Waals surface area contributed by atoms with Gasteiger partial charge in [-0.15, -0.1) is 17.7 Å². The van der Waals surface area contributed by atoms with Gasteiger partial charge in [-0.05, 0) is 55.0 Å². The van der Waals surface area contributed by atoms with E-state index in [0.717, 1.165) is 58.8 Å². The second kappa shape index (κ2) is 15.2. The summed E-state index contributed by atoms with van der Waals surface area (Å²) in [7, 11) is -1.62. The predicted octanol–water partition coefficient (Wildman–Crippen LogP) is 10.9. The van der Waals surface area contributed by atoms with Gasteiger partial charge >= 0.3 is 0 Å². The van der Waals surface area contributed by atoms with Gasteiger partial charge in [-0.25, -0.2) is 4.39 Å². The summed E-state index contributed by atoms with van der Waals surface area (Å²) in [6, 6.07) is 20.7. The molecule has 0 aliphatic heterocycles. The Morgan fingerprint density at radius 1 is 1.00 bits per heavy atom. The summed E-state index contributed by atoms with van der Waals surface area (Å²) in [5.74, 6) is 0.135. The Labute approximate surface area is 287 Å². The van der Waals surface area contributed by atoms with E-state index in [0.29, 0.717) is 11.2 Å². The number of ketones is 1. The van der Waals surface area contributed by atoms with Crippen LogP contribution in [0.25, 0.3) is 44.1 Å². The molecular formula is C39H47FIrNO3Si-. The first kappa shape index (κ1) is 37.3. The Balaban J connectivity index is 0.000000293. The maximum absolute atomic E-state index is 13.8. The summed E-state index contributed by atoms with van der Waals surface area (Å²) in [6.45, 7) is 19.1. The van der Waals surface area contributed by atoms with Crippen molar-refractivity contribution in [1.29, 1.82) is 0 Å². The normalized spacial score (nSPS) is 12.4. The van der Waals surface area contributed by atoms with Crippen molar-refractivity contribution in [3.8, 4) is 11.3 Å². The van der Waals surface area contributed by atoms with Gasteiger partial charge in [0, 0.05) is 49.0 Å². The van der Waals surface area contributed by atoms with Crippen LogP contribution >= 0.6 is 0 Å². The molecule has 3 aromatic carbocycles. The summed E-state index contributed by atoms with van der Waals surface area (Å²) in [6.07, 6.45) is 4.83. The zero-order valence-corrected chi connectivity index (χ0v) is 32.0. The number of aliphatic hydroxyl groups excluding tert-OH is 1. The number of fused-ring (bicyclic) bond motifs is 4. The largest absolute Gasteiger partial charge is 0.512 e. The zero-order valence-electron chi connectivity index (χ0n) is 28.6. The number of nitrogens with zero attached hydrogens (tertiary/aromatic N) is 1. The Morgan fingerprint density at radius 3 is 2.26 bits per heavy atom. The molecule has 2 aromatic heterocycles. The van der Waals surface area contributed by atoms with E-state index < -0.39 is 8.07 Å². The molecule has 0 fully saturated rings. The van der Waals surface area contributed by atoms with Crippen molar-refractivity contribution in [2.75, 3.05) is 0 Å². The van der Waals surface area contributed by atoms with Crippen LogP contribution in [-0.4, -0.2) is 23.9 Å². The molecule has 0 amide bonds. The topological polar surface area (TPSA) is 63.3 Å². The van der Waals surface area contributed by atoms with E-state index in [1.54, 1.807) is 6.07 Å². The molecule has 0 unspecified atom stereocenters. The number of furan rings is 1. The fourth-order valence-electron chi connectivity index (χ4n) is 5.76. The standard InChI is InChI=1S/C25H21FNOSi.C14H26O2.Ir/c1-15-11-19-17-10-9-16(26)13-23(17)28-25(19)20(12-15)22-14-24(29(2,3)4)18-7-5-6-8-21(18)27-22;1-6-11(7-2)12(15)10-13(16)14(5,8-3)9-4;/h5-11,13-14H,1-4H3;10-11,15H,6-9H2,1-5H3;/q-1;;/b;12-10-;. The van der Waals surface area contributed by atoms with Crippen LogP contribution in [0.4, 0.5) is 4.39 Å². The SMILES string of the molecule is CCC(CC)/C(O)=C/C(=O)C(C)(CC)CC.Cc1[c-]c(-c2cc([Si](C)(C)C)c3ccccc3n2)c2oc3cc(F)ccc3c2c1.[Ir]. The minimum Gasteiger partial charge on any atom is -0.512 e. The molecule has 0 atom stereocenters. The van der Waals surface area contributed by atoms with E-state index in [-0.39, 0.29) is 48.8 Å². The number of carbonyl (C=O) groups is 1. The first-order valence-electron chi connectivity index (χ1n) is 16.2. The number of benzene rings is 3. The molecule has 7 heteroatoms. The Morgan fingerprint density at radius 2 is 1.65 bits per heavy atom. The number of pyridine rings is 1. The van der Waals surface area contributed by atoms with Crippen LogP contribution < -0.4 is 5.19 Å². The maximum Gasteiger partial charge on any atom is 0.164 e. The van der Waals surface area contributed by atoms with Gasteiger partial charge in [0.05, 0.1) is 24.9 Å². The molecule has 5 rings (SSSR count). The van der Waals surface area contributed by atoms with Gasteiger partial charge in [0.25, 0.3) is 0 Å². The van der Waals surface area contributed by atoms with Crippen LogP contribution in [0.5, 0.6) is 0 Å². The third-order valence-corrected chi connectivity index (χ3v) is 11.2. The number of carbonyl (C=O) groups excluding carboxylic acids is 1. The second-order valence-electron chi connectivity index (χ2n) is 13.3. The number of aromatic nitrogens is 1. The van der Waals surface area contributed by atoms with Gasteiger partial charge in [0.1, 0.15) is 11.4 Å². The van der Waals surface area contributed by atoms with Crippen LogP contribution in [-0.2, 0) is 24.9 Å². The molecule has 1 radical (unpaired) electrons. The van der Waals surface area contributed by atoms with Crippen molar-refractivity contribution < 1.29 is 38.8 Å². The van der Waals surface area contributed by atoms with Gasteiger partial charge < -0.3 is 9.52 Å². The third kappa shape index (κ3) is 7.87. The van der Waals surface area contributed by atoms with E-state index in [9.17, 15) is 14.3 Å². The molecule has 247 valence electrons. The Hall–Kier alpha value is -3.12. The van der Waals surface area contributed by atoms with Crippen molar-refractivity contribution in [3.63, 3.8) is 0 Å². The summed E-state index contributed by atoms with van der Waals surface area (Å²) >= 11 is 0. The van der Waals surface area contributed by atoms with E-state index in [1.807, 2.05) is 53.7 Å². The summed E-state index contributed by atoms with van der Waals surface area (Å²) < 4.78 is 19.9. The van der Waals surface area contributed by atoms with Crippen LogP contribution in [0.2, 0.25) is 19.6 Å². The van der Waals surface area contributed by atoms with Crippen LogP contribution in [0.1, 0.15) is 65.9 Å². The van der Waals surface area contributed by atoms with E-state index in [2.05, 4.69) is 50.0 Å². The molecule has 4 nitrogen and oxygen atoms in total. The van der Waals surface area contributed by atoms with Crippen molar-refractivity contribution in [2.45, 2.75) is 86.9 Å². The second-order valence-corrected chi connectivity index (χ2v) is 18.4. The summed E-state index contributed by atoms with van der Waals surface area (Å²) in [5, 5.41) is 14.3. The fourth-order valence-corrected chi connectivity index (χ4v) is 7.35. The minimum atomic E-state index is -1.62. The first-order chi connectivity index (χ1) is 21.3. The molecule has 46 heavy (non-hydrogen) atoms. The molecule has 5 aromatic rings. The van der Waals surface area contributed by atoms with Crippen molar-refractivity contribution in [3.05, 3.63) is 83.9 Å². The fraction of sp³-hybridized carbons (Fsp3) is 0.385. The molecule has 0 saturated heterocycles. The average molecular weight is 817 g/mol. The molecule has 1 N–H and O–H groups in total. The number of halogens is 1. The van der Waals surface area contributed by atoms with E-state index in [4.69, 9.17) is 9.40 Å². The van der Waals surface area contributed by atoms with Crippen molar-refractivity contribution >= 4 is 51.9 Å². The molecule has 0 spiro atoms.